The summed E-state index contributed by atoms with van der Waals surface area (Å²) in [4.78, 5) is 11.8. The molecule has 0 atom stereocenters. The third-order valence-electron chi connectivity index (χ3n) is 2.40. The number of carbonyl (C=O) groups is 1. The van der Waals surface area contributed by atoms with Crippen LogP contribution in [0.5, 0.6) is 11.5 Å². The van der Waals surface area contributed by atoms with Crippen molar-refractivity contribution < 1.29 is 22.1 Å². The highest BCUT2D eigenvalue weighted by molar-refractivity contribution is 7.88. The van der Waals surface area contributed by atoms with E-state index >= 15 is 0 Å². The Kier molecular flexibility index (Phi) is 4.82. The van der Waals surface area contributed by atoms with Gasteiger partial charge in [0.15, 0.2) is 5.21 Å². The van der Waals surface area contributed by atoms with Crippen LogP contribution >= 0.6 is 11.6 Å². The van der Waals surface area contributed by atoms with Crippen LogP contribution in [0.1, 0.15) is 10.4 Å². The van der Waals surface area contributed by atoms with E-state index in [2.05, 4.69) is 0 Å². The molecule has 0 spiro atoms. The molecule has 2 aromatic rings. The van der Waals surface area contributed by atoms with E-state index in [-0.39, 0.29) is 11.5 Å². The molecule has 0 aliphatic carbocycles. The molecule has 0 saturated carbocycles. The van der Waals surface area contributed by atoms with Crippen molar-refractivity contribution in [1.29, 1.82) is 0 Å². The minimum Gasteiger partial charge on any atom is -0.423 e. The Morgan fingerprint density at radius 1 is 0.952 bits per heavy atom. The van der Waals surface area contributed by atoms with Crippen molar-refractivity contribution in [3.63, 3.8) is 0 Å². The third kappa shape index (κ3) is 4.47. The zero-order chi connectivity index (χ0) is 15.3. The maximum atomic E-state index is 11.8. The molecule has 0 radical (unpaired) electrons. The van der Waals surface area contributed by atoms with E-state index in [0.717, 1.165) is 0 Å². The Morgan fingerprint density at radius 2 is 1.52 bits per heavy atom. The second-order valence-electron chi connectivity index (χ2n) is 3.98. The van der Waals surface area contributed by atoms with Crippen LogP contribution in [0.15, 0.2) is 54.6 Å². The van der Waals surface area contributed by atoms with E-state index in [9.17, 15) is 13.2 Å². The van der Waals surface area contributed by atoms with Crippen LogP contribution in [0.3, 0.4) is 0 Å². The lowest BCUT2D eigenvalue weighted by molar-refractivity contribution is 0.0734. The summed E-state index contributed by atoms with van der Waals surface area (Å²) in [7, 11) is -3.79. The molecule has 0 aromatic heterocycles. The smallest absolute Gasteiger partial charge is 0.343 e. The monoisotopic (exact) mass is 326 g/mol. The lowest BCUT2D eigenvalue weighted by atomic mass is 10.2. The normalized spacial score (nSPS) is 10.9. The summed E-state index contributed by atoms with van der Waals surface area (Å²) >= 11 is 5.23. The summed E-state index contributed by atoms with van der Waals surface area (Å²) < 4.78 is 32.2. The zero-order valence-electron chi connectivity index (χ0n) is 10.7. The van der Waals surface area contributed by atoms with E-state index in [4.69, 9.17) is 20.5 Å². The summed E-state index contributed by atoms with van der Waals surface area (Å²) in [6, 6.07) is 14.1. The van der Waals surface area contributed by atoms with Gasteiger partial charge in [0.1, 0.15) is 11.5 Å². The number of hydrogen-bond acceptors (Lipinski definition) is 5. The molecule has 0 aliphatic heterocycles. The summed E-state index contributed by atoms with van der Waals surface area (Å²) in [6.45, 7) is 0. The van der Waals surface area contributed by atoms with Gasteiger partial charge in [-0.1, -0.05) is 18.2 Å². The van der Waals surface area contributed by atoms with Crippen molar-refractivity contribution in [1.82, 2.24) is 0 Å². The van der Waals surface area contributed by atoms with Crippen LogP contribution in [0.4, 0.5) is 0 Å². The molecule has 0 aliphatic rings. The van der Waals surface area contributed by atoms with E-state index < -0.39 is 21.3 Å². The highest BCUT2D eigenvalue weighted by atomic mass is 35.5. The van der Waals surface area contributed by atoms with Crippen molar-refractivity contribution in [3.05, 3.63) is 60.2 Å². The number of halogens is 1. The maximum absolute atomic E-state index is 11.8. The topological polar surface area (TPSA) is 69.7 Å². The minimum atomic E-state index is -3.79. The van der Waals surface area contributed by atoms with Crippen LogP contribution in [0.2, 0.25) is 0 Å². The van der Waals surface area contributed by atoms with Gasteiger partial charge in [-0.2, -0.15) is 8.42 Å². The molecule has 5 nitrogen and oxygen atoms in total. The Morgan fingerprint density at radius 3 is 2.10 bits per heavy atom. The first-order chi connectivity index (χ1) is 10.00. The van der Waals surface area contributed by atoms with Crippen LogP contribution < -0.4 is 8.92 Å². The Hall–Kier alpha value is -2.05. The number of rotatable bonds is 5. The van der Waals surface area contributed by atoms with Gasteiger partial charge in [-0.15, -0.1) is 11.6 Å². The molecule has 0 heterocycles. The van der Waals surface area contributed by atoms with E-state index in [0.29, 0.717) is 5.56 Å². The number of hydrogen-bond donors (Lipinski definition) is 0. The molecule has 0 bridgehead atoms. The first kappa shape index (κ1) is 15.3. The molecule has 110 valence electrons. The number of benzene rings is 2. The van der Waals surface area contributed by atoms with Gasteiger partial charge >= 0.3 is 16.1 Å². The van der Waals surface area contributed by atoms with Gasteiger partial charge in [0.05, 0.1) is 5.56 Å². The Balaban J connectivity index is 2.05. The molecular weight excluding hydrogens is 316 g/mol. The minimum absolute atomic E-state index is 0.0927. The fourth-order valence-electron chi connectivity index (χ4n) is 1.47. The maximum Gasteiger partial charge on any atom is 0.343 e. The van der Waals surface area contributed by atoms with E-state index in [1.807, 2.05) is 0 Å². The van der Waals surface area contributed by atoms with E-state index in [1.54, 1.807) is 30.3 Å². The van der Waals surface area contributed by atoms with Gasteiger partial charge in [0, 0.05) is 0 Å². The van der Waals surface area contributed by atoms with E-state index in [1.165, 1.54) is 24.3 Å². The summed E-state index contributed by atoms with van der Waals surface area (Å²) in [5.41, 5.74) is 0.419. The highest BCUT2D eigenvalue weighted by Gasteiger charge is 2.11. The van der Waals surface area contributed by atoms with Crippen LogP contribution in [0.25, 0.3) is 0 Å². The molecule has 0 N–H and O–H groups in total. The summed E-state index contributed by atoms with van der Waals surface area (Å²) in [5, 5.41) is -0.641. The standard InChI is InChI=1S/C14H11ClO5S/c15-10-21(17,18)20-13-8-6-12(7-9-13)19-14(16)11-4-2-1-3-5-11/h1-9H,10H2. The highest BCUT2D eigenvalue weighted by Crippen LogP contribution is 2.20. The van der Waals surface area contributed by atoms with Crippen molar-refractivity contribution >= 4 is 27.7 Å². The molecule has 2 rings (SSSR count). The number of esters is 1. The molecule has 0 amide bonds. The van der Waals surface area contributed by atoms with Crippen molar-refractivity contribution in [2.24, 2.45) is 0 Å². The van der Waals surface area contributed by atoms with Gasteiger partial charge in [-0.05, 0) is 36.4 Å². The number of ether oxygens (including phenoxy) is 1. The fourth-order valence-corrected chi connectivity index (χ4v) is 2.05. The fraction of sp³-hybridized carbons (Fsp3) is 0.0714. The summed E-state index contributed by atoms with van der Waals surface area (Å²) in [5.74, 6) is -0.132. The lowest BCUT2D eigenvalue weighted by Gasteiger charge is -2.06. The second-order valence-corrected chi connectivity index (χ2v) is 6.13. The Bertz CT molecular complexity index is 711. The van der Waals surface area contributed by atoms with Crippen molar-refractivity contribution in [2.45, 2.75) is 0 Å². The van der Waals surface area contributed by atoms with Crippen LogP contribution in [0, 0.1) is 0 Å². The summed E-state index contributed by atoms with van der Waals surface area (Å²) in [6.07, 6.45) is 0. The predicted octanol–water partition coefficient (Wildman–Crippen LogP) is 2.81. The molecule has 21 heavy (non-hydrogen) atoms. The Labute approximate surface area is 127 Å². The largest absolute Gasteiger partial charge is 0.423 e. The van der Waals surface area contributed by atoms with Gasteiger partial charge in [0.25, 0.3) is 0 Å². The van der Waals surface area contributed by atoms with Crippen LogP contribution in [-0.4, -0.2) is 19.6 Å². The molecule has 0 unspecified atom stereocenters. The quantitative estimate of drug-likeness (QED) is 0.366. The first-order valence-corrected chi connectivity index (χ1v) is 7.97. The van der Waals surface area contributed by atoms with Gasteiger partial charge in [0.2, 0.25) is 0 Å². The average molecular weight is 327 g/mol. The van der Waals surface area contributed by atoms with Crippen molar-refractivity contribution in [3.8, 4) is 11.5 Å². The average Bonchev–Trinajstić information content (AvgIpc) is 2.50. The van der Waals surface area contributed by atoms with Crippen molar-refractivity contribution in [2.75, 3.05) is 5.21 Å². The molecule has 0 fully saturated rings. The lowest BCUT2D eigenvalue weighted by Crippen LogP contribution is -2.10. The second kappa shape index (κ2) is 6.60. The van der Waals surface area contributed by atoms with Gasteiger partial charge in [-0.3, -0.25) is 0 Å². The van der Waals surface area contributed by atoms with Gasteiger partial charge in [-0.25, -0.2) is 4.79 Å². The van der Waals surface area contributed by atoms with Gasteiger partial charge < -0.3 is 8.92 Å². The van der Waals surface area contributed by atoms with Crippen LogP contribution in [-0.2, 0) is 10.1 Å². The molecular formula is C14H11ClO5S. The SMILES string of the molecule is O=C(Oc1ccc(OS(=O)(=O)CCl)cc1)c1ccccc1. The number of carbonyl (C=O) groups excluding carboxylic acids is 1. The zero-order valence-corrected chi connectivity index (χ0v) is 12.3. The third-order valence-corrected chi connectivity index (χ3v) is 3.92. The molecule has 7 heteroatoms. The first-order valence-electron chi connectivity index (χ1n) is 5.85. The molecule has 0 saturated heterocycles. The molecule has 2 aromatic carbocycles. The predicted molar refractivity (Wildman–Crippen MR) is 78.1 cm³/mol. The number of alkyl halides is 1.